The topological polar surface area (TPSA) is 105 Å². The number of unbranched alkanes of at least 4 members (excludes halogenated alkanes) is 56. The maximum absolute atomic E-state index is 11.3. The summed E-state index contributed by atoms with van der Waals surface area (Å²) in [5.41, 5.74) is 0. The van der Waals surface area contributed by atoms with Gasteiger partial charge in [0.05, 0.1) is 26.4 Å². The van der Waals surface area contributed by atoms with Crippen molar-refractivity contribution in [2.75, 3.05) is 49.4 Å². The first-order valence-electron chi connectivity index (χ1n) is 44.8. The number of hydrogen-bond acceptors (Lipinski definition) is 12. The first kappa shape index (κ1) is 127. The molecule has 15 heteroatoms. The summed E-state index contributed by atoms with van der Waals surface area (Å²) in [6.45, 7) is 10.7. The number of hydrogen-bond donors (Lipinski definition) is 0. The first-order valence-corrected chi connectivity index (χ1v) is 47.1. The zero-order valence-corrected chi connectivity index (χ0v) is 80.7. The van der Waals surface area contributed by atoms with Gasteiger partial charge in [0.2, 0.25) is 0 Å². The second kappa shape index (κ2) is 124. The van der Waals surface area contributed by atoms with Crippen LogP contribution in [0.3, 0.4) is 0 Å². The minimum atomic E-state index is -0.0839. The summed E-state index contributed by atoms with van der Waals surface area (Å²) in [5.74, 6) is 1.67. The number of carbonyl (C=O) groups is 4. The van der Waals surface area contributed by atoms with Crippen molar-refractivity contribution >= 4 is 136 Å². The Labute approximate surface area is 744 Å². The molecule has 0 aliphatic carbocycles. The average Bonchev–Trinajstić information content (AvgIpc) is 2.78. The molecule has 0 aromatic rings. The molecule has 109 heavy (non-hydrogen) atoms. The maximum Gasteiger partial charge on any atom is 2.00 e. The molecule has 4 radical (unpaired) electrons. The van der Waals surface area contributed by atoms with Crippen LogP contribution in [0.1, 0.15) is 479 Å². The summed E-state index contributed by atoms with van der Waals surface area (Å²) in [6, 6.07) is 0. The van der Waals surface area contributed by atoms with Gasteiger partial charge in [-0.3, -0.25) is 19.2 Å². The second-order valence-electron chi connectivity index (χ2n) is 29.3. The Kier molecular flexibility index (Phi) is 145. The Bertz CT molecular complexity index is 1530. The summed E-state index contributed by atoms with van der Waals surface area (Å²) >= 11 is 19.0. The van der Waals surface area contributed by atoms with Gasteiger partial charge >= 0.3 is 71.7 Å². The summed E-state index contributed by atoms with van der Waals surface area (Å²) in [4.78, 5) is 45.2. The van der Waals surface area contributed by atoms with E-state index in [4.69, 9.17) is 69.5 Å². The van der Waals surface area contributed by atoms with E-state index in [0.29, 0.717) is 75.1 Å². The number of carbonyl (C=O) groups excluding carboxylic acids is 4. The first-order chi connectivity index (χ1) is 51.2. The Morgan fingerprint density at radius 1 is 0.202 bits per heavy atom. The van der Waals surface area contributed by atoms with E-state index in [1.807, 2.05) is 0 Å². The summed E-state index contributed by atoms with van der Waals surface area (Å²) in [6.07, 6.45) is 105. The monoisotopic (exact) mass is 1840 g/mol. The average molecular weight is 1840 g/mol. The van der Waals surface area contributed by atoms with E-state index in [1.54, 1.807) is 0 Å². The molecule has 0 heterocycles. The third-order valence-corrected chi connectivity index (χ3v) is 19.6. The predicted molar refractivity (Wildman–Crippen MR) is 501 cm³/mol. The van der Waals surface area contributed by atoms with Crippen LogP contribution in [0.4, 0.5) is 0 Å². The number of rotatable bonds is 80. The molecule has 0 bridgehead atoms. The van der Waals surface area contributed by atoms with Crippen LogP contribution in [0.15, 0.2) is 48.6 Å². The van der Waals surface area contributed by atoms with E-state index in [1.165, 1.54) is 360 Å². The molecule has 644 valence electrons. The van der Waals surface area contributed by atoms with Gasteiger partial charge in [-0.05, 0) is 128 Å². The molecule has 0 rings (SSSR count). The van der Waals surface area contributed by atoms with Crippen LogP contribution in [-0.4, -0.2) is 121 Å². The Hall–Kier alpha value is 0.187. The summed E-state index contributed by atoms with van der Waals surface area (Å²) in [5, 5.41) is 0. The van der Waals surface area contributed by atoms with Crippen LogP contribution in [0.5, 0.6) is 0 Å². The maximum atomic E-state index is 11.3. The SMILES string of the molecule is C.C.CCCCCCCC/C=C/CCCCCCCCCCC(=O)OCC[S-].CCCCCCCC/C=C/CCCCCCCCCCC(=O)OCC[S-].CCCCCCCC/C=C/CCCCCCCCCCC(=O)OCC[S-].CCCCCCCC/C=C/CCCCCCCCCCC(=O)OCC[S-].S.[Sn+2].[Sn+2]. The van der Waals surface area contributed by atoms with E-state index in [-0.39, 0.29) is 100 Å². The molecule has 8 nitrogen and oxygen atoms in total. The third kappa shape index (κ3) is 132. The van der Waals surface area contributed by atoms with Crippen molar-refractivity contribution in [3.05, 3.63) is 48.6 Å². The fraction of sp³-hybridized carbons (Fsp3) is 0.872. The Morgan fingerprint density at radius 3 is 0.431 bits per heavy atom. The molecule has 0 fully saturated rings. The quantitative estimate of drug-likeness (QED) is 0.0145. The van der Waals surface area contributed by atoms with Crippen molar-refractivity contribution in [2.45, 2.75) is 479 Å². The zero-order valence-electron chi connectivity index (χ0n) is 70.8. The predicted octanol–water partition coefficient (Wildman–Crippen LogP) is 29.8. The second-order valence-corrected chi connectivity index (χ2v) is 30.9. The van der Waals surface area contributed by atoms with E-state index in [9.17, 15) is 19.2 Å². The minimum absolute atomic E-state index is 0. The van der Waals surface area contributed by atoms with Crippen molar-refractivity contribution in [1.82, 2.24) is 0 Å². The molecule has 0 saturated heterocycles. The van der Waals surface area contributed by atoms with Crippen molar-refractivity contribution < 1.29 is 38.1 Å². The normalized spacial score (nSPS) is 10.8. The van der Waals surface area contributed by atoms with Crippen molar-refractivity contribution in [2.24, 2.45) is 0 Å². The van der Waals surface area contributed by atoms with Gasteiger partial charge in [-0.1, -0.05) is 374 Å². The summed E-state index contributed by atoms with van der Waals surface area (Å²) in [7, 11) is 0. The van der Waals surface area contributed by atoms with Gasteiger partial charge in [0, 0.05) is 25.7 Å². The van der Waals surface area contributed by atoms with E-state index < -0.39 is 0 Å². The molecule has 0 unspecified atom stereocenters. The Morgan fingerprint density at radius 2 is 0.312 bits per heavy atom. The molecule has 0 aliphatic heterocycles. The Balaban J connectivity index is -0.000000172. The smallest absolute Gasteiger partial charge is 0.789 e. The van der Waals surface area contributed by atoms with Gasteiger partial charge in [-0.25, -0.2) is 0 Å². The van der Waals surface area contributed by atoms with Gasteiger partial charge in [0.1, 0.15) is 0 Å². The standard InChI is InChI=1S/4C23H44O2S.2CH4.H2S.2Sn/c4*1-2-3-4-5-6-7-8-9-10-11-12-13-14-15-16-17-18-19-20-23(24)25-21-22-26;;;;;/h4*9-10,26H,2-8,11-22H2,1H3;2*1H4;1H2;;/q;;;;;;;2*+2/p-4/b4*10-9+;;;;;. The molecule has 0 N–H and O–H groups in total. The molecule has 0 aromatic carbocycles. The van der Waals surface area contributed by atoms with Crippen LogP contribution in [0.2, 0.25) is 0 Å². The van der Waals surface area contributed by atoms with Crippen LogP contribution in [0.25, 0.3) is 0 Å². The number of esters is 4. The van der Waals surface area contributed by atoms with Gasteiger partial charge in [0.25, 0.3) is 0 Å². The number of allylic oxidation sites excluding steroid dienone is 8. The van der Waals surface area contributed by atoms with Crippen LogP contribution >= 0.6 is 13.5 Å². The molecule has 0 spiro atoms. The van der Waals surface area contributed by atoms with E-state index in [0.717, 1.165) is 51.4 Å². The van der Waals surface area contributed by atoms with Gasteiger partial charge < -0.3 is 69.5 Å². The van der Waals surface area contributed by atoms with Crippen LogP contribution < -0.4 is 0 Å². The molecular formula is C94H182O8S5Sn2. The largest absolute Gasteiger partial charge is 2.00 e. The van der Waals surface area contributed by atoms with Crippen LogP contribution in [-0.2, 0) is 88.6 Å². The van der Waals surface area contributed by atoms with Crippen LogP contribution in [0, 0.1) is 0 Å². The minimum Gasteiger partial charge on any atom is -0.789 e. The zero-order chi connectivity index (χ0) is 76.5. The fourth-order valence-electron chi connectivity index (χ4n) is 12.4. The van der Waals surface area contributed by atoms with Gasteiger partial charge in [0.15, 0.2) is 0 Å². The molecule has 0 saturated carbocycles. The molecule has 0 aromatic heterocycles. The van der Waals surface area contributed by atoms with Gasteiger partial charge in [-0.2, -0.15) is 13.5 Å². The van der Waals surface area contributed by atoms with E-state index in [2.05, 4.69) is 76.3 Å². The van der Waals surface area contributed by atoms with Crippen molar-refractivity contribution in [3.8, 4) is 0 Å². The van der Waals surface area contributed by atoms with Gasteiger partial charge in [-0.15, -0.1) is 23.0 Å². The van der Waals surface area contributed by atoms with Crippen molar-refractivity contribution in [3.63, 3.8) is 0 Å². The molecule has 0 aliphatic rings. The van der Waals surface area contributed by atoms with Crippen molar-refractivity contribution in [1.29, 1.82) is 0 Å². The molecule has 0 amide bonds. The molecule has 0 atom stereocenters. The van der Waals surface area contributed by atoms with E-state index >= 15 is 0 Å². The number of ether oxygens (including phenoxy) is 4. The third-order valence-electron chi connectivity index (χ3n) is 19.0. The molecular weight excluding hydrogens is 1650 g/mol. The summed E-state index contributed by atoms with van der Waals surface area (Å²) < 4.78 is 19.9. The fourth-order valence-corrected chi connectivity index (χ4v) is 12.7.